The van der Waals surface area contributed by atoms with E-state index in [4.69, 9.17) is 0 Å². The Balaban J connectivity index is 2.78. The van der Waals surface area contributed by atoms with Gasteiger partial charge in [-0.05, 0) is 23.5 Å². The summed E-state index contributed by atoms with van der Waals surface area (Å²) in [7, 11) is 0. The first kappa shape index (κ1) is 12.6. The summed E-state index contributed by atoms with van der Waals surface area (Å²) in [4.78, 5) is 21.6. The molecular formula is C14H18O2. The van der Waals surface area contributed by atoms with Crippen LogP contribution in [0.3, 0.4) is 0 Å². The average molecular weight is 218 g/mol. The summed E-state index contributed by atoms with van der Waals surface area (Å²) in [5.74, 6) is -0.0675. The molecule has 0 aliphatic rings. The molecule has 1 aromatic rings. The molecule has 0 radical (unpaired) electrons. The molecule has 0 spiro atoms. The molecule has 0 aliphatic heterocycles. The zero-order valence-electron chi connectivity index (χ0n) is 10.1. The van der Waals surface area contributed by atoms with Gasteiger partial charge in [0.25, 0.3) is 0 Å². The summed E-state index contributed by atoms with van der Waals surface area (Å²) in [6.07, 6.45) is 1.43. The van der Waals surface area contributed by atoms with Crippen molar-refractivity contribution in [2.24, 2.45) is 5.92 Å². The van der Waals surface area contributed by atoms with Crippen LogP contribution in [0.2, 0.25) is 0 Å². The van der Waals surface area contributed by atoms with Crippen LogP contribution < -0.4 is 0 Å². The van der Waals surface area contributed by atoms with Crippen LogP contribution in [-0.4, -0.2) is 12.1 Å². The lowest BCUT2D eigenvalue weighted by Gasteiger charge is -2.09. The van der Waals surface area contributed by atoms with Crippen molar-refractivity contribution in [3.05, 3.63) is 35.4 Å². The number of ketones is 1. The molecule has 0 saturated heterocycles. The van der Waals surface area contributed by atoms with Crippen molar-refractivity contribution in [2.45, 2.75) is 33.1 Å². The highest BCUT2D eigenvalue weighted by Gasteiger charge is 2.13. The largest absolute Gasteiger partial charge is 0.295 e. The second-order valence-corrected chi connectivity index (χ2v) is 4.58. The van der Waals surface area contributed by atoms with Crippen molar-refractivity contribution in [1.82, 2.24) is 0 Å². The molecule has 2 heteroatoms. The number of Topliss-reactive ketones (excluding diaryl/α,β-unsaturated/α-hetero) is 1. The number of carbonyl (C=O) groups is 2. The molecule has 1 atom stereocenters. The van der Waals surface area contributed by atoms with Gasteiger partial charge < -0.3 is 0 Å². The minimum atomic E-state index is -0.364. The third kappa shape index (κ3) is 3.30. The van der Waals surface area contributed by atoms with Gasteiger partial charge in [0.1, 0.15) is 0 Å². The Morgan fingerprint density at radius 2 is 1.75 bits per heavy atom. The summed E-state index contributed by atoms with van der Waals surface area (Å²) < 4.78 is 0. The topological polar surface area (TPSA) is 34.1 Å². The van der Waals surface area contributed by atoms with Gasteiger partial charge in [-0.1, -0.05) is 45.0 Å². The first-order valence-electron chi connectivity index (χ1n) is 5.62. The van der Waals surface area contributed by atoms with E-state index >= 15 is 0 Å². The van der Waals surface area contributed by atoms with E-state index in [0.29, 0.717) is 12.2 Å². The lowest BCUT2D eigenvalue weighted by Crippen LogP contribution is -2.09. The van der Waals surface area contributed by atoms with E-state index in [9.17, 15) is 9.59 Å². The zero-order valence-corrected chi connectivity index (χ0v) is 10.1. The minimum absolute atomic E-state index is 0.328. The molecule has 1 aromatic carbocycles. The molecule has 0 amide bonds. The van der Waals surface area contributed by atoms with Crippen molar-refractivity contribution in [3.63, 3.8) is 0 Å². The zero-order chi connectivity index (χ0) is 12.1. The molecule has 0 bridgehead atoms. The Morgan fingerprint density at radius 3 is 2.19 bits per heavy atom. The fourth-order valence-corrected chi connectivity index (χ4v) is 1.68. The predicted molar refractivity (Wildman–Crippen MR) is 64.5 cm³/mol. The molecule has 0 heterocycles. The lowest BCUT2D eigenvalue weighted by molar-refractivity contribution is -0.130. The monoisotopic (exact) mass is 218 g/mol. The van der Waals surface area contributed by atoms with Crippen molar-refractivity contribution < 1.29 is 9.59 Å². The average Bonchev–Trinajstić information content (AvgIpc) is 2.27. The van der Waals surface area contributed by atoms with Gasteiger partial charge >= 0.3 is 0 Å². The number of benzene rings is 1. The molecule has 0 aromatic heterocycles. The maximum Gasteiger partial charge on any atom is 0.202 e. The highest BCUT2D eigenvalue weighted by molar-refractivity contribution is 6.27. The lowest BCUT2D eigenvalue weighted by atomic mass is 9.94. The molecule has 1 rings (SSSR count). The highest BCUT2D eigenvalue weighted by atomic mass is 16.2. The van der Waals surface area contributed by atoms with Crippen LogP contribution in [0, 0.1) is 5.92 Å². The molecule has 1 unspecified atom stereocenters. The Bertz CT molecular complexity index is 363. The van der Waals surface area contributed by atoms with Crippen LogP contribution in [0.5, 0.6) is 0 Å². The standard InChI is InChI=1S/C14H18O2/c1-10(2)8-12-4-6-13(7-5-12)11(3)14(16)9-15/h4-7,9-11H,8H2,1-3H3. The van der Waals surface area contributed by atoms with E-state index in [-0.39, 0.29) is 11.7 Å². The molecule has 0 fully saturated rings. The van der Waals surface area contributed by atoms with Gasteiger partial charge in [0.15, 0.2) is 6.29 Å². The summed E-state index contributed by atoms with van der Waals surface area (Å²) in [5.41, 5.74) is 2.18. The third-order valence-corrected chi connectivity index (χ3v) is 2.67. The Kier molecular flexibility index (Phi) is 4.41. The van der Waals surface area contributed by atoms with Crippen molar-refractivity contribution >= 4 is 12.1 Å². The molecular weight excluding hydrogens is 200 g/mol. The Labute approximate surface area is 96.7 Å². The molecule has 0 aliphatic carbocycles. The quantitative estimate of drug-likeness (QED) is 0.562. The number of hydrogen-bond acceptors (Lipinski definition) is 2. The minimum Gasteiger partial charge on any atom is -0.295 e. The van der Waals surface area contributed by atoms with Gasteiger partial charge in [0.2, 0.25) is 5.78 Å². The van der Waals surface area contributed by atoms with E-state index in [1.807, 2.05) is 24.3 Å². The third-order valence-electron chi connectivity index (χ3n) is 2.67. The molecule has 86 valence electrons. The van der Waals surface area contributed by atoms with Gasteiger partial charge in [0.05, 0.1) is 0 Å². The summed E-state index contributed by atoms with van der Waals surface area (Å²) >= 11 is 0. The highest BCUT2D eigenvalue weighted by Crippen LogP contribution is 2.17. The number of aldehydes is 1. The van der Waals surface area contributed by atoms with E-state index in [2.05, 4.69) is 13.8 Å². The van der Waals surface area contributed by atoms with Gasteiger partial charge in [0, 0.05) is 5.92 Å². The van der Waals surface area contributed by atoms with Crippen LogP contribution >= 0.6 is 0 Å². The predicted octanol–water partition coefficient (Wildman–Crippen LogP) is 2.76. The van der Waals surface area contributed by atoms with E-state index < -0.39 is 0 Å². The Hall–Kier alpha value is -1.44. The van der Waals surface area contributed by atoms with Crippen LogP contribution in [0.1, 0.15) is 37.8 Å². The van der Waals surface area contributed by atoms with Crippen molar-refractivity contribution in [3.8, 4) is 0 Å². The van der Waals surface area contributed by atoms with Crippen LogP contribution in [0.15, 0.2) is 24.3 Å². The van der Waals surface area contributed by atoms with Gasteiger partial charge in [-0.25, -0.2) is 0 Å². The molecule has 16 heavy (non-hydrogen) atoms. The van der Waals surface area contributed by atoms with Crippen molar-refractivity contribution in [1.29, 1.82) is 0 Å². The van der Waals surface area contributed by atoms with Crippen molar-refractivity contribution in [2.75, 3.05) is 0 Å². The van der Waals surface area contributed by atoms with E-state index in [1.165, 1.54) is 5.56 Å². The molecule has 0 saturated carbocycles. The van der Waals surface area contributed by atoms with Crippen LogP contribution in [0.4, 0.5) is 0 Å². The summed E-state index contributed by atoms with van der Waals surface area (Å²) in [5, 5.41) is 0. The molecule has 0 N–H and O–H groups in total. The maximum atomic E-state index is 11.2. The fourth-order valence-electron chi connectivity index (χ4n) is 1.68. The van der Waals surface area contributed by atoms with E-state index in [0.717, 1.165) is 12.0 Å². The first-order chi connectivity index (χ1) is 7.54. The van der Waals surface area contributed by atoms with Gasteiger partial charge in [-0.2, -0.15) is 0 Å². The second kappa shape index (κ2) is 5.59. The normalized spacial score (nSPS) is 12.5. The smallest absolute Gasteiger partial charge is 0.202 e. The van der Waals surface area contributed by atoms with Crippen LogP contribution in [-0.2, 0) is 16.0 Å². The first-order valence-corrected chi connectivity index (χ1v) is 5.62. The van der Waals surface area contributed by atoms with Gasteiger partial charge in [-0.3, -0.25) is 9.59 Å². The number of hydrogen-bond donors (Lipinski definition) is 0. The number of carbonyl (C=O) groups excluding carboxylic acids is 2. The second-order valence-electron chi connectivity index (χ2n) is 4.58. The maximum absolute atomic E-state index is 11.2. The number of rotatable bonds is 5. The summed E-state index contributed by atoms with van der Waals surface area (Å²) in [6, 6.07) is 7.93. The SMILES string of the molecule is CC(C)Cc1ccc(C(C)C(=O)C=O)cc1. The van der Waals surface area contributed by atoms with E-state index in [1.54, 1.807) is 6.92 Å². The Morgan fingerprint density at radius 1 is 1.19 bits per heavy atom. The fraction of sp³-hybridized carbons (Fsp3) is 0.429. The van der Waals surface area contributed by atoms with Crippen LogP contribution in [0.25, 0.3) is 0 Å². The molecule has 2 nitrogen and oxygen atoms in total. The van der Waals surface area contributed by atoms with Gasteiger partial charge in [-0.15, -0.1) is 0 Å². The summed E-state index contributed by atoms with van der Waals surface area (Å²) in [6.45, 7) is 6.10.